The quantitative estimate of drug-likeness (QED) is 0.591. The van der Waals surface area contributed by atoms with Gasteiger partial charge in [0.15, 0.2) is 0 Å². The predicted molar refractivity (Wildman–Crippen MR) is 42.0 cm³/mol. The largest absolute Gasteiger partial charge is 0.373 e. The van der Waals surface area contributed by atoms with Crippen LogP contribution >= 0.6 is 0 Å². The van der Waals surface area contributed by atoms with E-state index in [-0.39, 0.29) is 0 Å². The Morgan fingerprint density at radius 1 is 1.80 bits per heavy atom. The van der Waals surface area contributed by atoms with Crippen molar-refractivity contribution < 1.29 is 4.74 Å². The van der Waals surface area contributed by atoms with E-state index in [0.717, 1.165) is 25.1 Å². The van der Waals surface area contributed by atoms with E-state index >= 15 is 0 Å². The Labute approximate surface area is 62.3 Å². The standard InChI is InChI=1S/C8H15NO/c1-7(2)6-10-8-3-4-9-5-8/h8-9H,1,3-6H2,2H3/t8-/m1/s1. The highest BCUT2D eigenvalue weighted by Crippen LogP contribution is 2.03. The minimum atomic E-state index is 0.427. The van der Waals surface area contributed by atoms with Crippen molar-refractivity contribution in [2.45, 2.75) is 19.4 Å². The van der Waals surface area contributed by atoms with Gasteiger partial charge in [-0.2, -0.15) is 0 Å². The molecule has 1 rings (SSSR count). The number of rotatable bonds is 3. The summed E-state index contributed by atoms with van der Waals surface area (Å²) >= 11 is 0. The van der Waals surface area contributed by atoms with Gasteiger partial charge in [-0.3, -0.25) is 0 Å². The van der Waals surface area contributed by atoms with Gasteiger partial charge in [-0.05, 0) is 19.9 Å². The molecule has 0 aromatic rings. The summed E-state index contributed by atoms with van der Waals surface area (Å²) in [5.41, 5.74) is 1.10. The highest BCUT2D eigenvalue weighted by Gasteiger charge is 2.13. The van der Waals surface area contributed by atoms with Gasteiger partial charge in [-0.25, -0.2) is 0 Å². The molecular weight excluding hydrogens is 126 g/mol. The third-order valence-corrected chi connectivity index (χ3v) is 1.58. The number of hydrogen-bond donors (Lipinski definition) is 1. The van der Waals surface area contributed by atoms with Crippen molar-refractivity contribution in [3.63, 3.8) is 0 Å². The Hall–Kier alpha value is -0.340. The zero-order valence-corrected chi connectivity index (χ0v) is 6.52. The van der Waals surface area contributed by atoms with Crippen LogP contribution in [0.25, 0.3) is 0 Å². The van der Waals surface area contributed by atoms with Crippen molar-refractivity contribution in [2.24, 2.45) is 0 Å². The summed E-state index contributed by atoms with van der Waals surface area (Å²) < 4.78 is 5.50. The SMILES string of the molecule is C=C(C)CO[C@@H]1CCNC1. The van der Waals surface area contributed by atoms with Crippen molar-refractivity contribution >= 4 is 0 Å². The summed E-state index contributed by atoms with van der Waals surface area (Å²) in [5, 5.41) is 3.24. The van der Waals surface area contributed by atoms with E-state index in [1.807, 2.05) is 6.92 Å². The van der Waals surface area contributed by atoms with Crippen molar-refractivity contribution in [1.29, 1.82) is 0 Å². The molecule has 1 heterocycles. The van der Waals surface area contributed by atoms with Crippen LogP contribution in [0.5, 0.6) is 0 Å². The molecule has 1 aliphatic rings. The Morgan fingerprint density at radius 3 is 3.10 bits per heavy atom. The summed E-state index contributed by atoms with van der Waals surface area (Å²) in [4.78, 5) is 0. The van der Waals surface area contributed by atoms with Crippen LogP contribution in [0.2, 0.25) is 0 Å². The molecule has 0 radical (unpaired) electrons. The second-order valence-corrected chi connectivity index (χ2v) is 2.88. The molecule has 2 nitrogen and oxygen atoms in total. The van der Waals surface area contributed by atoms with Gasteiger partial charge in [0.05, 0.1) is 12.7 Å². The molecule has 10 heavy (non-hydrogen) atoms. The lowest BCUT2D eigenvalue weighted by Gasteiger charge is -2.09. The monoisotopic (exact) mass is 141 g/mol. The van der Waals surface area contributed by atoms with Gasteiger partial charge >= 0.3 is 0 Å². The summed E-state index contributed by atoms with van der Waals surface area (Å²) in [6.07, 6.45) is 1.57. The van der Waals surface area contributed by atoms with Crippen molar-refractivity contribution in [3.8, 4) is 0 Å². The minimum Gasteiger partial charge on any atom is -0.373 e. The Kier molecular flexibility index (Phi) is 2.90. The fourth-order valence-corrected chi connectivity index (χ4v) is 1.03. The van der Waals surface area contributed by atoms with E-state index in [1.165, 1.54) is 0 Å². The fraction of sp³-hybridized carbons (Fsp3) is 0.750. The number of hydrogen-bond acceptors (Lipinski definition) is 2. The summed E-state index contributed by atoms with van der Waals surface area (Å²) in [5.74, 6) is 0. The maximum Gasteiger partial charge on any atom is 0.0715 e. The van der Waals surface area contributed by atoms with E-state index in [4.69, 9.17) is 4.74 Å². The van der Waals surface area contributed by atoms with Crippen LogP contribution in [0.3, 0.4) is 0 Å². The first-order chi connectivity index (χ1) is 4.79. The van der Waals surface area contributed by atoms with Crippen LogP contribution < -0.4 is 5.32 Å². The van der Waals surface area contributed by atoms with E-state index in [2.05, 4.69) is 11.9 Å². The van der Waals surface area contributed by atoms with Crippen molar-refractivity contribution in [3.05, 3.63) is 12.2 Å². The minimum absolute atomic E-state index is 0.427. The number of nitrogens with one attached hydrogen (secondary N) is 1. The third kappa shape index (κ3) is 2.50. The highest BCUT2D eigenvalue weighted by molar-refractivity contribution is 4.88. The lowest BCUT2D eigenvalue weighted by Crippen LogP contribution is -2.17. The van der Waals surface area contributed by atoms with Gasteiger partial charge in [0.2, 0.25) is 0 Å². The van der Waals surface area contributed by atoms with Crippen LogP contribution in [-0.2, 0) is 4.74 Å². The lowest BCUT2D eigenvalue weighted by molar-refractivity contribution is 0.0848. The summed E-state index contributed by atoms with van der Waals surface area (Å²) in [7, 11) is 0. The molecule has 0 saturated carbocycles. The lowest BCUT2D eigenvalue weighted by atomic mass is 10.3. The maximum atomic E-state index is 5.50. The van der Waals surface area contributed by atoms with Crippen LogP contribution in [0.1, 0.15) is 13.3 Å². The summed E-state index contributed by atoms with van der Waals surface area (Å²) in [6, 6.07) is 0. The Morgan fingerprint density at radius 2 is 2.60 bits per heavy atom. The molecule has 0 spiro atoms. The topological polar surface area (TPSA) is 21.3 Å². The van der Waals surface area contributed by atoms with E-state index in [1.54, 1.807) is 0 Å². The van der Waals surface area contributed by atoms with Gasteiger partial charge in [-0.15, -0.1) is 0 Å². The average molecular weight is 141 g/mol. The molecule has 1 fully saturated rings. The van der Waals surface area contributed by atoms with Crippen LogP contribution in [0, 0.1) is 0 Å². The molecule has 1 N–H and O–H groups in total. The number of ether oxygens (including phenoxy) is 1. The predicted octanol–water partition coefficient (Wildman–Crippen LogP) is 0.941. The molecule has 58 valence electrons. The smallest absolute Gasteiger partial charge is 0.0715 e. The fourth-order valence-electron chi connectivity index (χ4n) is 1.03. The average Bonchev–Trinajstić information content (AvgIpc) is 2.34. The van der Waals surface area contributed by atoms with E-state index < -0.39 is 0 Å². The molecule has 2 heteroatoms. The van der Waals surface area contributed by atoms with Crippen LogP contribution in [0.15, 0.2) is 12.2 Å². The van der Waals surface area contributed by atoms with Gasteiger partial charge in [-0.1, -0.05) is 12.2 Å². The molecule has 0 aromatic heterocycles. The Bertz CT molecular complexity index is 116. The second kappa shape index (κ2) is 3.74. The second-order valence-electron chi connectivity index (χ2n) is 2.88. The van der Waals surface area contributed by atoms with Gasteiger partial charge in [0, 0.05) is 6.54 Å². The molecule has 1 atom stereocenters. The van der Waals surface area contributed by atoms with E-state index in [9.17, 15) is 0 Å². The molecule has 1 saturated heterocycles. The van der Waals surface area contributed by atoms with Crippen LogP contribution in [-0.4, -0.2) is 25.8 Å². The zero-order chi connectivity index (χ0) is 7.40. The Balaban J connectivity index is 2.07. The molecule has 0 aliphatic carbocycles. The molecule has 0 aromatic carbocycles. The highest BCUT2D eigenvalue weighted by atomic mass is 16.5. The third-order valence-electron chi connectivity index (χ3n) is 1.58. The first-order valence-electron chi connectivity index (χ1n) is 3.76. The molecular formula is C8H15NO. The van der Waals surface area contributed by atoms with Crippen LogP contribution in [0.4, 0.5) is 0 Å². The normalized spacial score (nSPS) is 25.1. The van der Waals surface area contributed by atoms with Gasteiger partial charge in [0.25, 0.3) is 0 Å². The molecule has 0 amide bonds. The molecule has 0 unspecified atom stereocenters. The van der Waals surface area contributed by atoms with Gasteiger partial charge in [0.1, 0.15) is 0 Å². The zero-order valence-electron chi connectivity index (χ0n) is 6.52. The maximum absolute atomic E-state index is 5.50. The summed E-state index contributed by atoms with van der Waals surface area (Å²) in [6.45, 7) is 8.58. The van der Waals surface area contributed by atoms with Crippen molar-refractivity contribution in [1.82, 2.24) is 5.32 Å². The van der Waals surface area contributed by atoms with E-state index in [0.29, 0.717) is 12.7 Å². The first kappa shape index (κ1) is 7.76. The molecule has 0 bridgehead atoms. The molecule has 1 aliphatic heterocycles. The first-order valence-corrected chi connectivity index (χ1v) is 3.76. The van der Waals surface area contributed by atoms with Gasteiger partial charge < -0.3 is 10.1 Å². The van der Waals surface area contributed by atoms with Crippen molar-refractivity contribution in [2.75, 3.05) is 19.7 Å².